The number of hydrogen-bond donors (Lipinski definition) is 0. The van der Waals surface area contributed by atoms with Crippen LogP contribution in [0.4, 0.5) is 0 Å². The van der Waals surface area contributed by atoms with Crippen molar-refractivity contribution in [2.45, 2.75) is 45.4 Å². The topological polar surface area (TPSA) is 169 Å². The molecule has 16 heteroatoms. The first-order chi connectivity index (χ1) is 15.2. The highest BCUT2D eigenvalue weighted by atomic mass is 32.3. The lowest BCUT2D eigenvalue weighted by Crippen LogP contribution is -2.53. The van der Waals surface area contributed by atoms with Gasteiger partial charge >= 0.3 is 5.97 Å². The Morgan fingerprint density at radius 2 is 1.21 bits per heavy atom. The molecule has 0 spiro atoms. The molecule has 2 atom stereocenters. The first kappa shape index (κ1) is 30.4. The van der Waals surface area contributed by atoms with Crippen LogP contribution in [-0.2, 0) is 56.2 Å². The molecule has 0 fully saturated rings. The number of carbonyl (C=O) groups excluding carboxylic acids is 1. The van der Waals surface area contributed by atoms with Crippen LogP contribution < -0.4 is 0 Å². The van der Waals surface area contributed by atoms with Crippen molar-refractivity contribution >= 4 is 46.1 Å². The van der Waals surface area contributed by atoms with Crippen LogP contribution in [0.1, 0.15) is 43.9 Å². The van der Waals surface area contributed by atoms with E-state index in [1.807, 2.05) is 0 Å². The Hall–Kier alpha value is -1.59. The molecule has 0 saturated carbocycles. The van der Waals surface area contributed by atoms with E-state index in [-0.39, 0.29) is 32.4 Å². The second-order valence-electron chi connectivity index (χ2n) is 7.83. The fourth-order valence-corrected chi connectivity index (χ4v) is 10.3. The molecule has 0 N–H and O–H groups in total. The van der Waals surface area contributed by atoms with Crippen molar-refractivity contribution in [3.8, 4) is 0 Å². The van der Waals surface area contributed by atoms with Crippen molar-refractivity contribution in [2.75, 3.05) is 25.0 Å². The van der Waals surface area contributed by atoms with Gasteiger partial charge < -0.3 is 4.74 Å². The van der Waals surface area contributed by atoms with Crippen molar-refractivity contribution in [2.24, 2.45) is 0 Å². The van der Waals surface area contributed by atoms with E-state index < -0.39 is 58.1 Å². The fraction of sp³-hybridized carbons (Fsp3) is 0.611. The minimum Gasteiger partial charge on any atom is -0.461 e. The number of esters is 1. The Bertz CT molecular complexity index is 1240. The maximum atomic E-state index is 12.6. The van der Waals surface area contributed by atoms with E-state index in [1.54, 1.807) is 6.92 Å². The molecule has 0 amide bonds. The van der Waals surface area contributed by atoms with Gasteiger partial charge in [-0.1, -0.05) is 45.0 Å². The third-order valence-corrected chi connectivity index (χ3v) is 11.4. The molecule has 0 heterocycles. The number of carbonyl (C=O) groups is 1. The summed E-state index contributed by atoms with van der Waals surface area (Å²) in [6.45, 7) is 2.71. The Balaban J connectivity index is 3.97. The Kier molecular flexibility index (Phi) is 9.84. The molecule has 0 unspecified atom stereocenters. The van der Waals surface area contributed by atoms with E-state index in [4.69, 9.17) is 4.74 Å². The third-order valence-electron chi connectivity index (χ3n) is 4.52. The largest absolute Gasteiger partial charge is 0.461 e. The molecule has 0 aliphatic carbocycles. The molecule has 1 rings (SSSR count). The standard InChI is InChI=1S/C18H30N2O10S4/c1-7-8-17(19(31(3,22)23)32(4,24)25)18(20(33(5,26)27)34(6,28)29)16-11-9-15(10-12-16)13-30-14(2)21/h9-12,17-18H,7-8,13H2,1-6H3/t17-,18+/m1/s1. The number of nitrogens with zero attached hydrogens (tertiary/aromatic N) is 2. The van der Waals surface area contributed by atoms with Crippen LogP contribution in [0.5, 0.6) is 0 Å². The van der Waals surface area contributed by atoms with Gasteiger partial charge in [-0.05, 0) is 17.5 Å². The van der Waals surface area contributed by atoms with Crippen molar-refractivity contribution < 1.29 is 43.2 Å². The van der Waals surface area contributed by atoms with E-state index >= 15 is 0 Å². The second-order valence-corrected chi connectivity index (χ2v) is 15.7. The van der Waals surface area contributed by atoms with Crippen LogP contribution in [0.3, 0.4) is 0 Å². The van der Waals surface area contributed by atoms with Crippen LogP contribution in [0.15, 0.2) is 24.3 Å². The van der Waals surface area contributed by atoms with E-state index in [0.717, 1.165) is 0 Å². The minimum atomic E-state index is -4.53. The smallest absolute Gasteiger partial charge is 0.302 e. The summed E-state index contributed by atoms with van der Waals surface area (Å²) in [5.41, 5.74) is 0.510. The summed E-state index contributed by atoms with van der Waals surface area (Å²) in [4.78, 5) is 11.0. The monoisotopic (exact) mass is 562 g/mol. The SMILES string of the molecule is CCC[C@H]([C@H](c1ccc(COC(C)=O)cc1)N(S(C)(=O)=O)S(C)(=O)=O)N(S(C)(=O)=O)S(C)(=O)=O. The molecule has 0 radical (unpaired) electrons. The highest BCUT2D eigenvalue weighted by Crippen LogP contribution is 2.36. The average molecular weight is 563 g/mol. The quantitative estimate of drug-likeness (QED) is 0.325. The molecule has 0 aliphatic rings. The summed E-state index contributed by atoms with van der Waals surface area (Å²) < 4.78 is 106. The van der Waals surface area contributed by atoms with Crippen LogP contribution in [0.25, 0.3) is 0 Å². The Morgan fingerprint density at radius 1 is 0.794 bits per heavy atom. The molecule has 0 bridgehead atoms. The summed E-state index contributed by atoms with van der Waals surface area (Å²) >= 11 is 0. The van der Waals surface area contributed by atoms with Gasteiger partial charge in [0.15, 0.2) is 0 Å². The van der Waals surface area contributed by atoms with Crippen molar-refractivity contribution in [3.63, 3.8) is 0 Å². The van der Waals surface area contributed by atoms with Gasteiger partial charge in [-0.15, -0.1) is 0 Å². The number of ether oxygens (including phenoxy) is 1. The predicted octanol–water partition coefficient (Wildman–Crippen LogP) is 0.402. The lowest BCUT2D eigenvalue weighted by molar-refractivity contribution is -0.142. The van der Waals surface area contributed by atoms with Gasteiger partial charge in [0.2, 0.25) is 40.1 Å². The number of hydrogen-bond acceptors (Lipinski definition) is 10. The fourth-order valence-electron chi connectivity index (χ4n) is 3.55. The van der Waals surface area contributed by atoms with Gasteiger partial charge in [-0.3, -0.25) is 4.79 Å². The molecule has 1 aromatic rings. The Morgan fingerprint density at radius 3 is 1.53 bits per heavy atom. The van der Waals surface area contributed by atoms with Gasteiger partial charge in [0.25, 0.3) is 0 Å². The Labute approximate surface area is 202 Å². The van der Waals surface area contributed by atoms with Crippen LogP contribution in [0, 0.1) is 0 Å². The average Bonchev–Trinajstić information content (AvgIpc) is 2.60. The van der Waals surface area contributed by atoms with E-state index in [9.17, 15) is 38.5 Å². The predicted molar refractivity (Wildman–Crippen MR) is 126 cm³/mol. The minimum absolute atomic E-state index is 0.0261. The summed E-state index contributed by atoms with van der Waals surface area (Å²) in [6.07, 6.45) is 2.56. The number of sulfonamides is 4. The normalized spacial score (nSPS) is 15.3. The molecule has 12 nitrogen and oxygen atoms in total. The van der Waals surface area contributed by atoms with E-state index in [1.165, 1.54) is 31.2 Å². The van der Waals surface area contributed by atoms with E-state index in [0.29, 0.717) is 30.6 Å². The van der Waals surface area contributed by atoms with Gasteiger partial charge in [-0.25, -0.2) is 33.7 Å². The van der Waals surface area contributed by atoms with Crippen LogP contribution in [0.2, 0.25) is 0 Å². The highest BCUT2D eigenvalue weighted by Gasteiger charge is 2.47. The first-order valence-corrected chi connectivity index (χ1v) is 17.2. The zero-order valence-corrected chi connectivity index (χ0v) is 23.0. The maximum Gasteiger partial charge on any atom is 0.302 e. The lowest BCUT2D eigenvalue weighted by Gasteiger charge is -2.38. The maximum absolute atomic E-state index is 12.6. The van der Waals surface area contributed by atoms with Crippen molar-refractivity contribution in [1.29, 1.82) is 0 Å². The molecule has 0 aromatic heterocycles. The first-order valence-electron chi connectivity index (χ1n) is 9.82. The zero-order chi connectivity index (χ0) is 26.7. The second kappa shape index (κ2) is 11.0. The summed E-state index contributed by atoms with van der Waals surface area (Å²) in [5, 5.41) is 0. The molecule has 196 valence electrons. The van der Waals surface area contributed by atoms with Crippen molar-refractivity contribution in [1.82, 2.24) is 7.42 Å². The van der Waals surface area contributed by atoms with Crippen LogP contribution in [-0.4, -0.2) is 78.1 Å². The third kappa shape index (κ3) is 8.27. The number of rotatable bonds is 12. The van der Waals surface area contributed by atoms with Gasteiger partial charge in [-0.2, -0.15) is 0 Å². The molecular weight excluding hydrogens is 532 g/mol. The summed E-state index contributed by atoms with van der Waals surface area (Å²) in [6, 6.07) is 2.18. The summed E-state index contributed by atoms with van der Waals surface area (Å²) in [7, 11) is -18.0. The van der Waals surface area contributed by atoms with Gasteiger partial charge in [0, 0.05) is 6.92 Å². The molecule has 34 heavy (non-hydrogen) atoms. The lowest BCUT2D eigenvalue weighted by atomic mass is 9.96. The molecule has 0 aliphatic heterocycles. The number of benzene rings is 1. The van der Waals surface area contributed by atoms with E-state index in [2.05, 4.69) is 0 Å². The highest BCUT2D eigenvalue weighted by molar-refractivity contribution is 8.04. The summed E-state index contributed by atoms with van der Waals surface area (Å²) in [5.74, 6) is -0.540. The zero-order valence-electron chi connectivity index (χ0n) is 19.7. The van der Waals surface area contributed by atoms with Gasteiger partial charge in [0.05, 0.1) is 37.1 Å². The molecular formula is C18H30N2O10S4. The van der Waals surface area contributed by atoms with Crippen molar-refractivity contribution in [3.05, 3.63) is 35.4 Å². The molecule has 0 saturated heterocycles. The van der Waals surface area contributed by atoms with Gasteiger partial charge in [0.1, 0.15) is 6.61 Å². The van der Waals surface area contributed by atoms with Crippen LogP contribution >= 0.6 is 0 Å². The molecule has 1 aromatic carbocycles.